The first-order valence-corrected chi connectivity index (χ1v) is 5.99. The molecule has 5 nitrogen and oxygen atoms in total. The van der Waals surface area contributed by atoms with Gasteiger partial charge in [0.15, 0.2) is 11.5 Å². The fourth-order valence-electron chi connectivity index (χ4n) is 2.53. The summed E-state index contributed by atoms with van der Waals surface area (Å²) in [5.41, 5.74) is 1.24. The lowest BCUT2D eigenvalue weighted by Crippen LogP contribution is -2.13. The van der Waals surface area contributed by atoms with Crippen molar-refractivity contribution in [2.24, 2.45) is 0 Å². The fourth-order valence-corrected chi connectivity index (χ4v) is 2.53. The summed E-state index contributed by atoms with van der Waals surface area (Å²) in [5.74, 6) is 1.25. The average molecular weight is 247 g/mol. The van der Waals surface area contributed by atoms with Crippen LogP contribution in [0.25, 0.3) is 0 Å². The predicted molar refractivity (Wildman–Crippen MR) is 64.2 cm³/mol. The molecule has 1 aromatic rings. The van der Waals surface area contributed by atoms with Gasteiger partial charge in [-0.25, -0.2) is 0 Å². The zero-order chi connectivity index (χ0) is 12.5. The van der Waals surface area contributed by atoms with E-state index in [1.54, 1.807) is 6.08 Å². The minimum atomic E-state index is -0.269. The summed E-state index contributed by atoms with van der Waals surface area (Å²) in [5, 5.41) is 11.1. The maximum absolute atomic E-state index is 11.1. The Bertz CT molecular complexity index is 524. The van der Waals surface area contributed by atoms with E-state index in [0.29, 0.717) is 17.2 Å². The molecule has 0 saturated carbocycles. The van der Waals surface area contributed by atoms with Gasteiger partial charge >= 0.3 is 0 Å². The largest absolute Gasteiger partial charge is 0.454 e. The van der Waals surface area contributed by atoms with Crippen molar-refractivity contribution >= 4 is 0 Å². The molecule has 0 saturated heterocycles. The van der Waals surface area contributed by atoms with Crippen LogP contribution in [0, 0.1) is 10.1 Å². The van der Waals surface area contributed by atoms with Gasteiger partial charge in [0.2, 0.25) is 12.5 Å². The van der Waals surface area contributed by atoms with Gasteiger partial charge in [-0.1, -0.05) is 6.07 Å². The van der Waals surface area contributed by atoms with Gasteiger partial charge in [-0.15, -0.1) is 0 Å². The number of allylic oxidation sites excluding steroid dienone is 2. The Morgan fingerprint density at radius 1 is 1.28 bits per heavy atom. The normalized spacial score (nSPS) is 21.6. The van der Waals surface area contributed by atoms with Gasteiger partial charge in [0.05, 0.1) is 10.8 Å². The highest BCUT2D eigenvalue weighted by Gasteiger charge is 2.29. The van der Waals surface area contributed by atoms with Crippen LogP contribution in [-0.2, 0) is 0 Å². The first kappa shape index (κ1) is 11.1. The van der Waals surface area contributed by atoms with E-state index in [-0.39, 0.29) is 17.6 Å². The third-order valence-electron chi connectivity index (χ3n) is 3.42. The van der Waals surface area contributed by atoms with Crippen molar-refractivity contribution in [3.8, 4) is 11.5 Å². The fraction of sp³-hybridized carbons (Fsp3) is 0.385. The molecule has 5 heteroatoms. The van der Waals surface area contributed by atoms with Gasteiger partial charge in [0.25, 0.3) is 0 Å². The van der Waals surface area contributed by atoms with Crippen LogP contribution in [-0.4, -0.2) is 11.7 Å². The first-order chi connectivity index (χ1) is 8.75. The highest BCUT2D eigenvalue weighted by atomic mass is 16.7. The molecule has 0 N–H and O–H groups in total. The van der Waals surface area contributed by atoms with E-state index in [4.69, 9.17) is 9.47 Å². The Morgan fingerprint density at radius 2 is 2.11 bits per heavy atom. The van der Waals surface area contributed by atoms with E-state index in [2.05, 4.69) is 0 Å². The summed E-state index contributed by atoms with van der Waals surface area (Å²) < 4.78 is 10.6. The molecule has 1 aromatic carbocycles. The molecular formula is C13H13NO4. The molecule has 0 bridgehead atoms. The van der Waals surface area contributed by atoms with Crippen LogP contribution in [0.2, 0.25) is 0 Å². The van der Waals surface area contributed by atoms with E-state index < -0.39 is 0 Å². The van der Waals surface area contributed by atoms with Crippen molar-refractivity contribution in [1.29, 1.82) is 0 Å². The molecule has 18 heavy (non-hydrogen) atoms. The van der Waals surface area contributed by atoms with Gasteiger partial charge in [0, 0.05) is 0 Å². The summed E-state index contributed by atoms with van der Waals surface area (Å²) in [6.07, 6.45) is 4.32. The lowest BCUT2D eigenvalue weighted by Gasteiger charge is -2.18. The van der Waals surface area contributed by atoms with Gasteiger partial charge in [0.1, 0.15) is 0 Å². The zero-order valence-corrected chi connectivity index (χ0v) is 9.80. The Hall–Kier alpha value is -2.04. The number of fused-ring (bicyclic) bond motifs is 1. The molecule has 0 spiro atoms. The van der Waals surface area contributed by atoms with E-state index in [1.807, 2.05) is 18.2 Å². The quantitative estimate of drug-likeness (QED) is 0.595. The Morgan fingerprint density at radius 3 is 2.94 bits per heavy atom. The molecule has 0 fully saturated rings. The molecule has 2 aliphatic rings. The molecule has 1 heterocycles. The highest BCUT2D eigenvalue weighted by Crippen LogP contribution is 2.39. The standard InChI is InChI=1S/C13H13NO4/c15-14(16)11-4-2-1-3-10(11)9-5-6-12-13(7-9)18-8-17-12/h4-7,10H,1-3,8H2. The lowest BCUT2D eigenvalue weighted by molar-refractivity contribution is -0.431. The molecule has 1 unspecified atom stereocenters. The van der Waals surface area contributed by atoms with Crippen LogP contribution in [0.3, 0.4) is 0 Å². The van der Waals surface area contributed by atoms with Gasteiger partial charge in [-0.05, 0) is 43.0 Å². The second-order valence-corrected chi connectivity index (χ2v) is 4.48. The molecule has 1 aliphatic carbocycles. The Kier molecular flexibility index (Phi) is 2.66. The number of rotatable bonds is 2. The number of hydrogen-bond acceptors (Lipinski definition) is 4. The first-order valence-electron chi connectivity index (χ1n) is 5.99. The van der Waals surface area contributed by atoms with Crippen molar-refractivity contribution in [2.45, 2.75) is 25.2 Å². The van der Waals surface area contributed by atoms with E-state index in [9.17, 15) is 10.1 Å². The van der Waals surface area contributed by atoms with E-state index in [1.165, 1.54) is 0 Å². The van der Waals surface area contributed by atoms with E-state index in [0.717, 1.165) is 24.8 Å². The summed E-state index contributed by atoms with van der Waals surface area (Å²) in [7, 11) is 0. The average Bonchev–Trinajstić information content (AvgIpc) is 2.85. The molecule has 3 rings (SSSR count). The lowest BCUT2D eigenvalue weighted by atomic mass is 9.86. The van der Waals surface area contributed by atoms with Gasteiger partial charge < -0.3 is 9.47 Å². The van der Waals surface area contributed by atoms with Crippen molar-refractivity contribution in [1.82, 2.24) is 0 Å². The second kappa shape index (κ2) is 4.33. The summed E-state index contributed by atoms with van der Waals surface area (Å²) in [6.45, 7) is 0.224. The molecule has 0 aromatic heterocycles. The van der Waals surface area contributed by atoms with Crippen LogP contribution in [0.5, 0.6) is 11.5 Å². The third kappa shape index (κ3) is 1.81. The van der Waals surface area contributed by atoms with Crippen LogP contribution >= 0.6 is 0 Å². The van der Waals surface area contributed by atoms with Crippen LogP contribution in [0.15, 0.2) is 30.0 Å². The van der Waals surface area contributed by atoms with Crippen molar-refractivity contribution < 1.29 is 14.4 Å². The molecule has 94 valence electrons. The van der Waals surface area contributed by atoms with Crippen molar-refractivity contribution in [3.63, 3.8) is 0 Å². The molecule has 1 aliphatic heterocycles. The van der Waals surface area contributed by atoms with Crippen LogP contribution in [0.1, 0.15) is 30.7 Å². The van der Waals surface area contributed by atoms with Gasteiger partial charge in [-0.3, -0.25) is 10.1 Å². The minimum Gasteiger partial charge on any atom is -0.454 e. The highest BCUT2D eigenvalue weighted by molar-refractivity contribution is 5.46. The number of hydrogen-bond donors (Lipinski definition) is 0. The SMILES string of the molecule is O=[N+]([O-])C1=CCCCC1c1ccc2c(c1)OCO2. The van der Waals surface area contributed by atoms with Crippen LogP contribution in [0.4, 0.5) is 0 Å². The predicted octanol–water partition coefficient (Wildman–Crippen LogP) is 2.84. The number of nitrogens with zero attached hydrogens (tertiary/aromatic N) is 1. The number of nitro groups is 1. The smallest absolute Gasteiger partial charge is 0.249 e. The van der Waals surface area contributed by atoms with Crippen LogP contribution < -0.4 is 9.47 Å². The minimum absolute atomic E-state index is 0.136. The second-order valence-electron chi connectivity index (χ2n) is 4.48. The molecule has 0 amide bonds. The third-order valence-corrected chi connectivity index (χ3v) is 3.42. The summed E-state index contributed by atoms with van der Waals surface area (Å²) >= 11 is 0. The maximum Gasteiger partial charge on any atom is 0.249 e. The Balaban J connectivity index is 1.96. The van der Waals surface area contributed by atoms with E-state index >= 15 is 0 Å². The summed E-state index contributed by atoms with van der Waals surface area (Å²) in [4.78, 5) is 10.8. The van der Waals surface area contributed by atoms with Crippen molar-refractivity contribution in [3.05, 3.63) is 45.6 Å². The topological polar surface area (TPSA) is 61.6 Å². The zero-order valence-electron chi connectivity index (χ0n) is 9.80. The molecule has 1 atom stereocenters. The maximum atomic E-state index is 11.1. The molecule has 0 radical (unpaired) electrons. The Labute approximate surface area is 104 Å². The monoisotopic (exact) mass is 247 g/mol. The van der Waals surface area contributed by atoms with Gasteiger partial charge in [-0.2, -0.15) is 0 Å². The van der Waals surface area contributed by atoms with Crippen molar-refractivity contribution in [2.75, 3.05) is 6.79 Å². The molecular weight excluding hydrogens is 234 g/mol. The number of benzene rings is 1. The number of ether oxygens (including phenoxy) is 2. The summed E-state index contributed by atoms with van der Waals surface area (Å²) in [6, 6.07) is 5.57.